The third-order valence-corrected chi connectivity index (χ3v) is 3.72. The molecule has 0 aromatic heterocycles. The molecule has 1 atom stereocenters. The van der Waals surface area contributed by atoms with Gasteiger partial charge in [0.2, 0.25) is 0 Å². The molecule has 0 bridgehead atoms. The molecule has 0 fully saturated rings. The van der Waals surface area contributed by atoms with Crippen molar-refractivity contribution in [3.05, 3.63) is 83.4 Å². The van der Waals surface area contributed by atoms with E-state index in [2.05, 4.69) is 5.32 Å². The molecule has 21 heavy (non-hydrogen) atoms. The fraction of sp³-hybridized carbons (Fsp3) is 0.111. The first kappa shape index (κ1) is 13.7. The minimum absolute atomic E-state index is 0.314. The van der Waals surface area contributed by atoms with E-state index >= 15 is 0 Å². The third-order valence-electron chi connectivity index (χ3n) is 3.72. The predicted octanol–water partition coefficient (Wildman–Crippen LogP) is 4.43. The molecule has 0 radical (unpaired) electrons. The highest BCUT2D eigenvalue weighted by molar-refractivity contribution is 5.86. The van der Waals surface area contributed by atoms with Crippen LogP contribution in [0.4, 0.5) is 8.78 Å². The van der Waals surface area contributed by atoms with Gasteiger partial charge in [-0.3, -0.25) is 0 Å². The first-order valence-corrected chi connectivity index (χ1v) is 6.81. The zero-order valence-electron chi connectivity index (χ0n) is 11.6. The van der Waals surface area contributed by atoms with Gasteiger partial charge in [0.1, 0.15) is 0 Å². The van der Waals surface area contributed by atoms with Crippen molar-refractivity contribution in [2.45, 2.75) is 6.04 Å². The standard InChI is InChI=1S/C18H15F2N/c1-21-18(15-10-5-11-16(19)17(15)20)14-9-4-7-12-6-2-3-8-13(12)14/h2-11,18,21H,1H3. The van der Waals surface area contributed by atoms with Crippen molar-refractivity contribution in [3.8, 4) is 0 Å². The Morgan fingerprint density at radius 2 is 1.48 bits per heavy atom. The maximum Gasteiger partial charge on any atom is 0.163 e. The van der Waals surface area contributed by atoms with Crippen molar-refractivity contribution in [1.82, 2.24) is 5.32 Å². The predicted molar refractivity (Wildman–Crippen MR) is 81.2 cm³/mol. The van der Waals surface area contributed by atoms with Gasteiger partial charge in [0.15, 0.2) is 11.6 Å². The number of halogens is 2. The Kier molecular flexibility index (Phi) is 3.67. The van der Waals surface area contributed by atoms with E-state index in [0.29, 0.717) is 5.56 Å². The lowest BCUT2D eigenvalue weighted by molar-refractivity contribution is 0.487. The molecule has 1 nitrogen and oxygen atoms in total. The van der Waals surface area contributed by atoms with Crippen molar-refractivity contribution in [1.29, 1.82) is 0 Å². The van der Waals surface area contributed by atoms with E-state index in [4.69, 9.17) is 0 Å². The summed E-state index contributed by atoms with van der Waals surface area (Å²) in [7, 11) is 1.75. The molecule has 0 heterocycles. The van der Waals surface area contributed by atoms with Crippen LogP contribution in [0.3, 0.4) is 0 Å². The largest absolute Gasteiger partial charge is 0.309 e. The molecule has 0 aliphatic rings. The summed E-state index contributed by atoms with van der Waals surface area (Å²) in [6.07, 6.45) is 0. The quantitative estimate of drug-likeness (QED) is 0.750. The molecule has 0 saturated carbocycles. The van der Waals surface area contributed by atoms with Crippen molar-refractivity contribution >= 4 is 10.8 Å². The third kappa shape index (κ3) is 2.41. The highest BCUT2D eigenvalue weighted by Gasteiger charge is 2.20. The SMILES string of the molecule is CNC(c1cccc(F)c1F)c1cccc2ccccc12. The number of fused-ring (bicyclic) bond motifs is 1. The maximum atomic E-state index is 14.1. The van der Waals surface area contributed by atoms with Crippen LogP contribution in [0.25, 0.3) is 10.8 Å². The lowest BCUT2D eigenvalue weighted by Crippen LogP contribution is -2.19. The number of benzene rings is 3. The summed E-state index contributed by atoms with van der Waals surface area (Å²) in [5, 5.41) is 5.19. The van der Waals surface area contributed by atoms with E-state index in [-0.39, 0.29) is 0 Å². The van der Waals surface area contributed by atoms with Crippen molar-refractivity contribution in [2.75, 3.05) is 7.05 Å². The minimum atomic E-state index is -0.826. The van der Waals surface area contributed by atoms with Gasteiger partial charge in [-0.25, -0.2) is 8.78 Å². The van der Waals surface area contributed by atoms with E-state index < -0.39 is 17.7 Å². The van der Waals surface area contributed by atoms with Gasteiger partial charge in [-0.15, -0.1) is 0 Å². The van der Waals surface area contributed by atoms with Crippen LogP contribution in [0.5, 0.6) is 0 Å². The molecular formula is C18H15F2N. The van der Waals surface area contributed by atoms with Gasteiger partial charge in [-0.1, -0.05) is 54.6 Å². The monoisotopic (exact) mass is 283 g/mol. The van der Waals surface area contributed by atoms with Gasteiger partial charge in [-0.05, 0) is 29.4 Å². The Balaban J connectivity index is 2.21. The Bertz CT molecular complexity index is 778. The van der Waals surface area contributed by atoms with Crippen molar-refractivity contribution < 1.29 is 8.78 Å². The van der Waals surface area contributed by atoms with E-state index in [1.807, 2.05) is 42.5 Å². The maximum absolute atomic E-state index is 14.1. The molecule has 0 aliphatic heterocycles. The molecule has 3 aromatic carbocycles. The summed E-state index contributed by atoms with van der Waals surface area (Å²) >= 11 is 0. The first-order valence-electron chi connectivity index (χ1n) is 6.81. The Hall–Kier alpha value is -2.26. The van der Waals surface area contributed by atoms with Gasteiger partial charge >= 0.3 is 0 Å². The molecule has 106 valence electrons. The summed E-state index contributed by atoms with van der Waals surface area (Å²) in [5.74, 6) is -1.63. The summed E-state index contributed by atoms with van der Waals surface area (Å²) in [5.41, 5.74) is 1.24. The van der Waals surface area contributed by atoms with Crippen LogP contribution < -0.4 is 5.32 Å². The lowest BCUT2D eigenvalue weighted by atomic mass is 9.93. The Labute approximate surface area is 122 Å². The van der Waals surface area contributed by atoms with Gasteiger partial charge < -0.3 is 5.32 Å². The minimum Gasteiger partial charge on any atom is -0.309 e. The van der Waals surface area contributed by atoms with Gasteiger partial charge in [0.05, 0.1) is 6.04 Å². The van der Waals surface area contributed by atoms with Gasteiger partial charge in [-0.2, -0.15) is 0 Å². The summed E-state index contributed by atoms with van der Waals surface area (Å²) in [6, 6.07) is 17.7. The second-order valence-electron chi connectivity index (χ2n) is 4.93. The molecule has 0 saturated heterocycles. The number of rotatable bonds is 3. The molecule has 1 unspecified atom stereocenters. The second kappa shape index (κ2) is 5.62. The topological polar surface area (TPSA) is 12.0 Å². The fourth-order valence-electron chi connectivity index (χ4n) is 2.72. The molecule has 3 aromatic rings. The van der Waals surface area contributed by atoms with Crippen LogP contribution in [0, 0.1) is 11.6 Å². The molecule has 1 N–H and O–H groups in total. The average Bonchev–Trinajstić information content (AvgIpc) is 2.52. The lowest BCUT2D eigenvalue weighted by Gasteiger charge is -2.20. The number of hydrogen-bond acceptors (Lipinski definition) is 1. The van der Waals surface area contributed by atoms with Crippen molar-refractivity contribution in [2.24, 2.45) is 0 Å². The van der Waals surface area contributed by atoms with Crippen LogP contribution in [-0.4, -0.2) is 7.05 Å². The average molecular weight is 283 g/mol. The van der Waals surface area contributed by atoms with Crippen LogP contribution in [0.1, 0.15) is 17.2 Å². The smallest absolute Gasteiger partial charge is 0.163 e. The highest BCUT2D eigenvalue weighted by atomic mass is 19.2. The zero-order chi connectivity index (χ0) is 14.8. The fourth-order valence-corrected chi connectivity index (χ4v) is 2.72. The Morgan fingerprint density at radius 1 is 0.810 bits per heavy atom. The molecule has 0 aliphatic carbocycles. The van der Waals surface area contributed by atoms with E-state index in [1.54, 1.807) is 13.1 Å². The molecule has 0 amide bonds. The van der Waals surface area contributed by atoms with Crippen LogP contribution in [0.2, 0.25) is 0 Å². The summed E-state index contributed by atoms with van der Waals surface area (Å²) in [4.78, 5) is 0. The normalized spacial score (nSPS) is 12.5. The molecule has 3 rings (SSSR count). The second-order valence-corrected chi connectivity index (χ2v) is 4.93. The Morgan fingerprint density at radius 3 is 2.29 bits per heavy atom. The van der Waals surface area contributed by atoms with E-state index in [1.165, 1.54) is 6.07 Å². The van der Waals surface area contributed by atoms with Gasteiger partial charge in [0.25, 0.3) is 0 Å². The number of hydrogen-bond donors (Lipinski definition) is 1. The van der Waals surface area contributed by atoms with Crippen molar-refractivity contribution in [3.63, 3.8) is 0 Å². The van der Waals surface area contributed by atoms with E-state index in [9.17, 15) is 8.78 Å². The number of nitrogens with one attached hydrogen (secondary N) is 1. The van der Waals surface area contributed by atoms with Crippen LogP contribution in [0.15, 0.2) is 60.7 Å². The van der Waals surface area contributed by atoms with E-state index in [0.717, 1.165) is 22.4 Å². The van der Waals surface area contributed by atoms with Crippen LogP contribution in [-0.2, 0) is 0 Å². The molecular weight excluding hydrogens is 268 g/mol. The van der Waals surface area contributed by atoms with Gasteiger partial charge in [0, 0.05) is 5.56 Å². The summed E-state index contributed by atoms with van der Waals surface area (Å²) in [6.45, 7) is 0. The first-order chi connectivity index (χ1) is 10.2. The zero-order valence-corrected chi connectivity index (χ0v) is 11.6. The van der Waals surface area contributed by atoms with Crippen LogP contribution >= 0.6 is 0 Å². The highest BCUT2D eigenvalue weighted by Crippen LogP contribution is 2.30. The molecule has 0 spiro atoms. The molecule has 3 heteroatoms. The summed E-state index contributed by atoms with van der Waals surface area (Å²) < 4.78 is 27.6.